The van der Waals surface area contributed by atoms with E-state index in [1.807, 2.05) is 23.9 Å². The molecule has 0 saturated carbocycles. The number of rotatable bonds is 7. The molecule has 136 valence electrons. The van der Waals surface area contributed by atoms with Crippen molar-refractivity contribution in [3.05, 3.63) is 66.0 Å². The second kappa shape index (κ2) is 8.57. The molecule has 0 fully saturated rings. The maximum Gasteiger partial charge on any atom is 0.170 e. The zero-order chi connectivity index (χ0) is 18.4. The van der Waals surface area contributed by atoms with Crippen LogP contribution in [0.25, 0.3) is 0 Å². The third kappa shape index (κ3) is 5.13. The predicted octanol–water partition coefficient (Wildman–Crippen LogP) is 2.95. The van der Waals surface area contributed by atoms with Gasteiger partial charge >= 0.3 is 0 Å². The van der Waals surface area contributed by atoms with Crippen molar-refractivity contribution in [1.82, 2.24) is 24.9 Å². The van der Waals surface area contributed by atoms with Crippen molar-refractivity contribution in [2.45, 2.75) is 26.4 Å². The fourth-order valence-electron chi connectivity index (χ4n) is 2.53. The standard InChI is InChI=1S/C18H21FN6S/c1-14-7-9-21-25(14)10-2-8-20-18(26)23-17-11-22-24(13-17)12-15-3-5-16(19)6-4-15/h3-7,9,11,13H,2,8,10,12H2,1H3,(H2,20,23,26). The van der Waals surface area contributed by atoms with Crippen LogP contribution in [-0.4, -0.2) is 31.2 Å². The minimum atomic E-state index is -0.240. The zero-order valence-corrected chi connectivity index (χ0v) is 15.3. The smallest absolute Gasteiger partial charge is 0.170 e. The number of aromatic nitrogens is 4. The van der Waals surface area contributed by atoms with Crippen LogP contribution in [0.15, 0.2) is 48.9 Å². The van der Waals surface area contributed by atoms with Crippen LogP contribution in [0.4, 0.5) is 10.1 Å². The first-order chi connectivity index (χ1) is 12.6. The van der Waals surface area contributed by atoms with Gasteiger partial charge in [-0.25, -0.2) is 4.39 Å². The van der Waals surface area contributed by atoms with Gasteiger partial charge in [-0.1, -0.05) is 12.1 Å². The van der Waals surface area contributed by atoms with E-state index < -0.39 is 0 Å². The van der Waals surface area contributed by atoms with Crippen molar-refractivity contribution >= 4 is 23.0 Å². The lowest BCUT2D eigenvalue weighted by molar-refractivity contribution is 0.561. The molecule has 0 saturated heterocycles. The SMILES string of the molecule is Cc1ccnn1CCCNC(=S)Nc1cnn(Cc2ccc(F)cc2)c1. The van der Waals surface area contributed by atoms with Gasteiger partial charge in [0.15, 0.2) is 5.11 Å². The molecular formula is C18H21FN6S. The highest BCUT2D eigenvalue weighted by Crippen LogP contribution is 2.09. The third-order valence-corrected chi connectivity index (χ3v) is 4.16. The number of hydrogen-bond donors (Lipinski definition) is 2. The van der Waals surface area contributed by atoms with Crippen LogP contribution in [0.2, 0.25) is 0 Å². The highest BCUT2D eigenvalue weighted by molar-refractivity contribution is 7.80. The number of thiocarbonyl (C=S) groups is 1. The second-order valence-electron chi connectivity index (χ2n) is 5.98. The molecule has 0 bridgehead atoms. The summed E-state index contributed by atoms with van der Waals surface area (Å²) < 4.78 is 16.7. The van der Waals surface area contributed by atoms with Gasteiger partial charge in [0.25, 0.3) is 0 Å². The number of aryl methyl sites for hydroxylation is 2. The van der Waals surface area contributed by atoms with Gasteiger partial charge in [-0.05, 0) is 49.3 Å². The maximum atomic E-state index is 12.9. The first kappa shape index (κ1) is 18.1. The Morgan fingerprint density at radius 3 is 2.73 bits per heavy atom. The maximum absolute atomic E-state index is 12.9. The van der Waals surface area contributed by atoms with E-state index in [0.717, 1.165) is 36.5 Å². The Labute approximate surface area is 157 Å². The van der Waals surface area contributed by atoms with E-state index in [0.29, 0.717) is 11.7 Å². The second-order valence-corrected chi connectivity index (χ2v) is 6.39. The van der Waals surface area contributed by atoms with Gasteiger partial charge in [-0.3, -0.25) is 9.36 Å². The molecule has 6 nitrogen and oxygen atoms in total. The Morgan fingerprint density at radius 2 is 2.00 bits per heavy atom. The molecule has 3 rings (SSSR count). The Morgan fingerprint density at radius 1 is 1.19 bits per heavy atom. The largest absolute Gasteiger partial charge is 0.362 e. The van der Waals surface area contributed by atoms with Crippen LogP contribution >= 0.6 is 12.2 Å². The highest BCUT2D eigenvalue weighted by atomic mass is 32.1. The van der Waals surface area contributed by atoms with Crippen molar-refractivity contribution in [1.29, 1.82) is 0 Å². The first-order valence-electron chi connectivity index (χ1n) is 8.40. The summed E-state index contributed by atoms with van der Waals surface area (Å²) in [6, 6.07) is 8.38. The van der Waals surface area contributed by atoms with E-state index in [-0.39, 0.29) is 5.82 Å². The van der Waals surface area contributed by atoms with Gasteiger partial charge in [-0.15, -0.1) is 0 Å². The molecule has 3 aromatic rings. The van der Waals surface area contributed by atoms with E-state index in [1.165, 1.54) is 12.1 Å². The normalized spacial score (nSPS) is 10.7. The van der Waals surface area contributed by atoms with E-state index >= 15 is 0 Å². The number of anilines is 1. The minimum Gasteiger partial charge on any atom is -0.362 e. The first-order valence-corrected chi connectivity index (χ1v) is 8.81. The van der Waals surface area contributed by atoms with Gasteiger partial charge in [0.2, 0.25) is 0 Å². The van der Waals surface area contributed by atoms with Crippen LogP contribution in [0.1, 0.15) is 17.7 Å². The molecule has 0 aliphatic carbocycles. The molecule has 0 aliphatic rings. The summed E-state index contributed by atoms with van der Waals surface area (Å²) in [5, 5.41) is 15.4. The van der Waals surface area contributed by atoms with Crippen LogP contribution < -0.4 is 10.6 Å². The van der Waals surface area contributed by atoms with E-state index in [9.17, 15) is 4.39 Å². The zero-order valence-electron chi connectivity index (χ0n) is 14.5. The quantitative estimate of drug-likeness (QED) is 0.493. The molecule has 0 radical (unpaired) electrons. The fourth-order valence-corrected chi connectivity index (χ4v) is 2.75. The minimum absolute atomic E-state index is 0.240. The van der Waals surface area contributed by atoms with Crippen LogP contribution in [0.3, 0.4) is 0 Å². The number of halogens is 1. The Hall–Kier alpha value is -2.74. The molecule has 2 aromatic heterocycles. The lowest BCUT2D eigenvalue weighted by Crippen LogP contribution is -2.29. The number of nitrogens with one attached hydrogen (secondary N) is 2. The summed E-state index contributed by atoms with van der Waals surface area (Å²) in [7, 11) is 0. The van der Waals surface area contributed by atoms with Gasteiger partial charge in [0.05, 0.1) is 18.4 Å². The summed E-state index contributed by atoms with van der Waals surface area (Å²) in [6.07, 6.45) is 6.31. The van der Waals surface area contributed by atoms with Crippen molar-refractivity contribution < 1.29 is 4.39 Å². The number of nitrogens with zero attached hydrogens (tertiary/aromatic N) is 4. The number of hydrogen-bond acceptors (Lipinski definition) is 3. The summed E-state index contributed by atoms with van der Waals surface area (Å²) in [6.45, 7) is 4.22. The van der Waals surface area contributed by atoms with Crippen molar-refractivity contribution in [2.24, 2.45) is 0 Å². The summed E-state index contributed by atoms with van der Waals surface area (Å²) in [5.74, 6) is -0.240. The summed E-state index contributed by atoms with van der Waals surface area (Å²) >= 11 is 5.31. The summed E-state index contributed by atoms with van der Waals surface area (Å²) in [5.41, 5.74) is 2.95. The average Bonchev–Trinajstić information content (AvgIpc) is 3.23. The molecular weight excluding hydrogens is 351 g/mol. The van der Waals surface area contributed by atoms with Gasteiger partial charge in [0.1, 0.15) is 5.82 Å². The topological polar surface area (TPSA) is 59.7 Å². The Bertz CT molecular complexity index is 855. The molecule has 0 spiro atoms. The Balaban J connectivity index is 1.41. The van der Waals surface area contributed by atoms with Gasteiger partial charge < -0.3 is 10.6 Å². The summed E-state index contributed by atoms with van der Waals surface area (Å²) in [4.78, 5) is 0. The highest BCUT2D eigenvalue weighted by Gasteiger charge is 2.03. The van der Waals surface area contributed by atoms with Gasteiger partial charge in [0, 0.05) is 31.2 Å². The average molecular weight is 372 g/mol. The molecule has 0 amide bonds. The van der Waals surface area contributed by atoms with Crippen molar-refractivity contribution in [2.75, 3.05) is 11.9 Å². The van der Waals surface area contributed by atoms with Crippen LogP contribution in [-0.2, 0) is 13.1 Å². The van der Waals surface area contributed by atoms with Crippen LogP contribution in [0, 0.1) is 12.7 Å². The van der Waals surface area contributed by atoms with Crippen LogP contribution in [0.5, 0.6) is 0 Å². The molecule has 1 aromatic carbocycles. The Kier molecular flexibility index (Phi) is 5.96. The van der Waals surface area contributed by atoms with Crippen molar-refractivity contribution in [3.8, 4) is 0 Å². The third-order valence-electron chi connectivity index (χ3n) is 3.91. The van der Waals surface area contributed by atoms with Gasteiger partial charge in [-0.2, -0.15) is 10.2 Å². The number of benzene rings is 1. The van der Waals surface area contributed by atoms with E-state index in [2.05, 4.69) is 20.8 Å². The monoisotopic (exact) mass is 372 g/mol. The molecule has 0 aliphatic heterocycles. The molecule has 0 atom stereocenters. The molecule has 2 heterocycles. The lowest BCUT2D eigenvalue weighted by atomic mass is 10.2. The van der Waals surface area contributed by atoms with Crippen molar-refractivity contribution in [3.63, 3.8) is 0 Å². The molecule has 2 N–H and O–H groups in total. The molecule has 26 heavy (non-hydrogen) atoms. The van der Waals surface area contributed by atoms with E-state index in [1.54, 1.807) is 29.2 Å². The lowest BCUT2D eigenvalue weighted by Gasteiger charge is -2.09. The molecule has 0 unspecified atom stereocenters. The predicted molar refractivity (Wildman–Crippen MR) is 104 cm³/mol. The van der Waals surface area contributed by atoms with E-state index in [4.69, 9.17) is 12.2 Å². The fraction of sp³-hybridized carbons (Fsp3) is 0.278. The molecule has 8 heteroatoms.